The van der Waals surface area contributed by atoms with Gasteiger partial charge in [0, 0.05) is 30.7 Å². The average Bonchev–Trinajstić information content (AvgIpc) is 3.67. The summed E-state index contributed by atoms with van der Waals surface area (Å²) in [5, 5.41) is 15.1. The van der Waals surface area contributed by atoms with Gasteiger partial charge in [0.2, 0.25) is 11.8 Å². The number of anilines is 2. The van der Waals surface area contributed by atoms with Crippen molar-refractivity contribution in [3.05, 3.63) is 42.0 Å². The van der Waals surface area contributed by atoms with Gasteiger partial charge < -0.3 is 20.3 Å². The molecule has 1 aromatic carbocycles. The quantitative estimate of drug-likeness (QED) is 0.448. The van der Waals surface area contributed by atoms with Gasteiger partial charge in [0.15, 0.2) is 5.82 Å². The van der Waals surface area contributed by atoms with E-state index in [0.29, 0.717) is 22.3 Å². The van der Waals surface area contributed by atoms with Gasteiger partial charge in [-0.2, -0.15) is 0 Å². The molecule has 2 fully saturated rings. The van der Waals surface area contributed by atoms with Gasteiger partial charge in [0.1, 0.15) is 5.03 Å². The van der Waals surface area contributed by atoms with Crippen molar-refractivity contribution in [3.63, 3.8) is 0 Å². The van der Waals surface area contributed by atoms with E-state index < -0.39 is 5.97 Å². The minimum absolute atomic E-state index is 0.0832. The van der Waals surface area contributed by atoms with E-state index in [4.69, 9.17) is 0 Å². The summed E-state index contributed by atoms with van der Waals surface area (Å²) in [7, 11) is 1.32. The van der Waals surface area contributed by atoms with Gasteiger partial charge >= 0.3 is 5.97 Å². The van der Waals surface area contributed by atoms with Crippen molar-refractivity contribution < 1.29 is 19.1 Å². The summed E-state index contributed by atoms with van der Waals surface area (Å²) in [5.74, 6) is 0.647. The molecule has 0 atom stereocenters. The minimum Gasteiger partial charge on any atom is -0.465 e. The number of carbonyl (C=O) groups is 3. The number of benzene rings is 1. The number of aromatic nitrogens is 2. The average molecular weight is 470 g/mol. The molecule has 2 amide bonds. The molecule has 0 bridgehead atoms. The van der Waals surface area contributed by atoms with Gasteiger partial charge in [-0.05, 0) is 62.1 Å². The van der Waals surface area contributed by atoms with E-state index in [1.54, 1.807) is 24.3 Å². The van der Waals surface area contributed by atoms with E-state index in [1.807, 2.05) is 12.1 Å². The lowest BCUT2D eigenvalue weighted by molar-refractivity contribution is -0.125. The molecule has 33 heavy (non-hydrogen) atoms. The Morgan fingerprint density at radius 1 is 1.03 bits per heavy atom. The summed E-state index contributed by atoms with van der Waals surface area (Å²) in [5.41, 5.74) is 1.02. The summed E-state index contributed by atoms with van der Waals surface area (Å²) < 4.78 is 4.66. The van der Waals surface area contributed by atoms with Crippen molar-refractivity contribution in [3.8, 4) is 0 Å². The maximum absolute atomic E-state index is 12.2. The second-order valence-electron chi connectivity index (χ2n) is 8.18. The van der Waals surface area contributed by atoms with Gasteiger partial charge in [0.05, 0.1) is 18.4 Å². The lowest BCUT2D eigenvalue weighted by Crippen LogP contribution is -2.41. The van der Waals surface area contributed by atoms with Crippen LogP contribution in [0.1, 0.15) is 36.0 Å². The van der Waals surface area contributed by atoms with Gasteiger partial charge in [0.25, 0.3) is 0 Å². The number of nitrogens with zero attached hydrogens (tertiary/aromatic N) is 3. The highest BCUT2D eigenvalue weighted by atomic mass is 32.2. The van der Waals surface area contributed by atoms with Crippen LogP contribution in [0.2, 0.25) is 0 Å². The largest absolute Gasteiger partial charge is 0.465 e. The Bertz CT molecular complexity index is 987. The van der Waals surface area contributed by atoms with Crippen molar-refractivity contribution in [1.29, 1.82) is 0 Å². The van der Waals surface area contributed by atoms with E-state index in [0.717, 1.165) is 44.6 Å². The minimum atomic E-state index is -0.422. The maximum Gasteiger partial charge on any atom is 0.337 e. The van der Waals surface area contributed by atoms with Crippen LogP contribution in [-0.4, -0.2) is 60.0 Å². The number of piperidine rings is 1. The summed E-state index contributed by atoms with van der Waals surface area (Å²) in [6.07, 6.45) is 3.85. The monoisotopic (exact) mass is 469 g/mol. The molecule has 174 valence electrons. The molecule has 10 heteroatoms. The van der Waals surface area contributed by atoms with Crippen molar-refractivity contribution in [2.24, 2.45) is 5.92 Å². The van der Waals surface area contributed by atoms with Crippen LogP contribution in [-0.2, 0) is 14.3 Å². The van der Waals surface area contributed by atoms with Crippen LogP contribution in [0.5, 0.6) is 0 Å². The predicted octanol–water partition coefficient (Wildman–Crippen LogP) is 2.49. The van der Waals surface area contributed by atoms with E-state index in [9.17, 15) is 14.4 Å². The van der Waals surface area contributed by atoms with Crippen LogP contribution in [0.3, 0.4) is 0 Å². The Labute approximate surface area is 196 Å². The molecule has 2 aliphatic rings. The number of thioether (sulfide) groups is 1. The highest BCUT2D eigenvalue weighted by molar-refractivity contribution is 7.99. The van der Waals surface area contributed by atoms with Crippen molar-refractivity contribution in [2.45, 2.75) is 36.8 Å². The summed E-state index contributed by atoms with van der Waals surface area (Å²) in [6.45, 7) is 1.56. The Morgan fingerprint density at radius 2 is 1.76 bits per heavy atom. The van der Waals surface area contributed by atoms with Crippen molar-refractivity contribution in [2.75, 3.05) is 36.2 Å². The fourth-order valence-corrected chi connectivity index (χ4v) is 4.23. The molecule has 2 N–H and O–H groups in total. The molecule has 1 aliphatic heterocycles. The zero-order valence-electron chi connectivity index (χ0n) is 18.5. The fourth-order valence-electron chi connectivity index (χ4n) is 3.62. The SMILES string of the molecule is COC(=O)c1ccc(NC(=O)CSc2ccc(N3CCC(C(=O)NC4CC4)CC3)nn2)cc1. The van der Waals surface area contributed by atoms with E-state index in [2.05, 4.69) is 30.5 Å². The number of esters is 1. The van der Waals surface area contributed by atoms with Gasteiger partial charge in [-0.3, -0.25) is 9.59 Å². The third kappa shape index (κ3) is 6.44. The predicted molar refractivity (Wildman–Crippen MR) is 125 cm³/mol. The number of ether oxygens (including phenoxy) is 1. The molecule has 2 heterocycles. The standard InChI is InChI=1S/C23H27N5O4S/c1-32-23(31)16-2-4-17(5-3-16)24-20(29)14-33-21-9-8-19(26-27-21)28-12-10-15(11-13-28)22(30)25-18-6-7-18/h2-5,8-9,15,18H,6-7,10-14H2,1H3,(H,24,29)(H,25,30). The molecule has 1 aromatic heterocycles. The second kappa shape index (κ2) is 10.7. The molecule has 0 radical (unpaired) electrons. The van der Waals surface area contributed by atoms with Crippen molar-refractivity contribution in [1.82, 2.24) is 15.5 Å². The van der Waals surface area contributed by atoms with E-state index >= 15 is 0 Å². The zero-order valence-corrected chi connectivity index (χ0v) is 19.3. The third-order valence-corrected chi connectivity index (χ3v) is 6.60. The summed E-state index contributed by atoms with van der Waals surface area (Å²) >= 11 is 1.30. The zero-order chi connectivity index (χ0) is 23.2. The van der Waals surface area contributed by atoms with Crippen LogP contribution in [0, 0.1) is 5.92 Å². The number of methoxy groups -OCH3 is 1. The normalized spacial score (nSPS) is 16.2. The second-order valence-corrected chi connectivity index (χ2v) is 9.18. The third-order valence-electron chi connectivity index (χ3n) is 5.68. The Hall–Kier alpha value is -3.14. The first-order chi connectivity index (χ1) is 16.0. The molecule has 0 spiro atoms. The van der Waals surface area contributed by atoms with E-state index in [1.165, 1.54) is 18.9 Å². The number of nitrogens with one attached hydrogen (secondary N) is 2. The summed E-state index contributed by atoms with van der Waals surface area (Å²) in [4.78, 5) is 38.1. The maximum atomic E-state index is 12.2. The molecule has 2 aromatic rings. The lowest BCUT2D eigenvalue weighted by atomic mass is 9.96. The molecular weight excluding hydrogens is 442 g/mol. The fraction of sp³-hybridized carbons (Fsp3) is 0.435. The molecule has 1 aliphatic carbocycles. The van der Waals surface area contributed by atoms with Gasteiger partial charge in [-0.25, -0.2) is 4.79 Å². The number of hydrogen-bond donors (Lipinski definition) is 2. The number of rotatable bonds is 8. The molecule has 1 saturated carbocycles. The van der Waals surface area contributed by atoms with Crippen LogP contribution in [0.4, 0.5) is 11.5 Å². The summed E-state index contributed by atoms with van der Waals surface area (Å²) in [6, 6.07) is 10.7. The highest BCUT2D eigenvalue weighted by Gasteiger charge is 2.30. The first kappa shape index (κ1) is 23.0. The smallest absolute Gasteiger partial charge is 0.337 e. The Kier molecular flexibility index (Phi) is 7.43. The molecule has 9 nitrogen and oxygen atoms in total. The molecule has 0 unspecified atom stereocenters. The van der Waals surface area contributed by atoms with Crippen LogP contribution >= 0.6 is 11.8 Å². The van der Waals surface area contributed by atoms with Gasteiger partial charge in [-0.15, -0.1) is 10.2 Å². The topological polar surface area (TPSA) is 114 Å². The Morgan fingerprint density at radius 3 is 2.36 bits per heavy atom. The molecule has 1 saturated heterocycles. The molecular formula is C23H27N5O4S. The first-order valence-electron chi connectivity index (χ1n) is 11.0. The van der Waals surface area contributed by atoms with Gasteiger partial charge in [-0.1, -0.05) is 11.8 Å². The molecule has 4 rings (SSSR count). The van der Waals surface area contributed by atoms with Crippen LogP contribution in [0.25, 0.3) is 0 Å². The number of carbonyl (C=O) groups excluding carboxylic acids is 3. The van der Waals surface area contributed by atoms with Crippen LogP contribution in [0.15, 0.2) is 41.4 Å². The number of hydrogen-bond acceptors (Lipinski definition) is 8. The first-order valence-corrected chi connectivity index (χ1v) is 12.0. The highest BCUT2D eigenvalue weighted by Crippen LogP contribution is 2.25. The number of amides is 2. The van der Waals surface area contributed by atoms with E-state index in [-0.39, 0.29) is 23.5 Å². The van der Waals surface area contributed by atoms with Crippen LogP contribution < -0.4 is 15.5 Å². The Balaban J connectivity index is 1.20. The van der Waals surface area contributed by atoms with Crippen molar-refractivity contribution >= 4 is 41.1 Å². The lowest BCUT2D eigenvalue weighted by Gasteiger charge is -2.31.